The molecule has 0 heterocycles. The SMILES string of the molecule is OCc1cccc(SCC2CCCC2)c1. The van der Waals surface area contributed by atoms with Gasteiger partial charge in [0.25, 0.3) is 0 Å². The Balaban J connectivity index is 1.86. The van der Waals surface area contributed by atoms with Crippen molar-refractivity contribution in [3.05, 3.63) is 29.8 Å². The van der Waals surface area contributed by atoms with Crippen LogP contribution in [0.4, 0.5) is 0 Å². The molecule has 0 radical (unpaired) electrons. The molecule has 0 unspecified atom stereocenters. The maximum atomic E-state index is 9.03. The van der Waals surface area contributed by atoms with E-state index in [-0.39, 0.29) is 6.61 Å². The number of hydrogen-bond acceptors (Lipinski definition) is 2. The van der Waals surface area contributed by atoms with E-state index in [2.05, 4.69) is 12.1 Å². The number of rotatable bonds is 4. The Hall–Kier alpha value is -0.470. The molecule has 1 N–H and O–H groups in total. The van der Waals surface area contributed by atoms with Gasteiger partial charge in [0, 0.05) is 10.6 Å². The van der Waals surface area contributed by atoms with Crippen molar-refractivity contribution in [2.45, 2.75) is 37.2 Å². The molecule has 1 saturated carbocycles. The lowest BCUT2D eigenvalue weighted by Crippen LogP contribution is -1.96. The number of hydrogen-bond donors (Lipinski definition) is 1. The van der Waals surface area contributed by atoms with Gasteiger partial charge in [-0.05, 0) is 36.5 Å². The zero-order valence-electron chi connectivity index (χ0n) is 8.98. The monoisotopic (exact) mass is 222 g/mol. The summed E-state index contributed by atoms with van der Waals surface area (Å²) in [6.07, 6.45) is 5.66. The molecule has 0 amide bonds. The largest absolute Gasteiger partial charge is 0.392 e. The van der Waals surface area contributed by atoms with E-state index in [1.807, 2.05) is 23.9 Å². The normalized spacial score (nSPS) is 17.1. The fourth-order valence-electron chi connectivity index (χ4n) is 2.12. The summed E-state index contributed by atoms with van der Waals surface area (Å²) in [6, 6.07) is 8.24. The first-order chi connectivity index (χ1) is 7.38. The van der Waals surface area contributed by atoms with E-state index in [4.69, 9.17) is 5.11 Å². The van der Waals surface area contributed by atoms with E-state index >= 15 is 0 Å². The van der Waals surface area contributed by atoms with Crippen LogP contribution in [-0.4, -0.2) is 10.9 Å². The molecule has 15 heavy (non-hydrogen) atoms. The third kappa shape index (κ3) is 3.25. The van der Waals surface area contributed by atoms with Gasteiger partial charge < -0.3 is 5.11 Å². The van der Waals surface area contributed by atoms with E-state index in [0.29, 0.717) is 0 Å². The maximum Gasteiger partial charge on any atom is 0.0682 e. The van der Waals surface area contributed by atoms with Gasteiger partial charge in [0.05, 0.1) is 6.61 Å². The molecule has 0 aromatic heterocycles. The second-order valence-corrected chi connectivity index (χ2v) is 5.36. The molecule has 0 spiro atoms. The van der Waals surface area contributed by atoms with E-state index in [0.717, 1.165) is 11.5 Å². The summed E-state index contributed by atoms with van der Waals surface area (Å²) < 4.78 is 0. The highest BCUT2D eigenvalue weighted by molar-refractivity contribution is 7.99. The lowest BCUT2D eigenvalue weighted by atomic mass is 10.1. The topological polar surface area (TPSA) is 20.2 Å². The fourth-order valence-corrected chi connectivity index (χ4v) is 3.30. The Bertz CT molecular complexity index is 305. The van der Waals surface area contributed by atoms with E-state index in [9.17, 15) is 0 Å². The molecule has 0 saturated heterocycles. The maximum absolute atomic E-state index is 9.03. The minimum absolute atomic E-state index is 0.151. The predicted octanol–water partition coefficient (Wildman–Crippen LogP) is 3.46. The second kappa shape index (κ2) is 5.57. The van der Waals surface area contributed by atoms with Gasteiger partial charge in [-0.15, -0.1) is 11.8 Å². The first-order valence-electron chi connectivity index (χ1n) is 5.71. The number of aliphatic hydroxyl groups is 1. The fraction of sp³-hybridized carbons (Fsp3) is 0.538. The van der Waals surface area contributed by atoms with E-state index < -0.39 is 0 Å². The van der Waals surface area contributed by atoms with Crippen LogP contribution in [0.1, 0.15) is 31.2 Å². The van der Waals surface area contributed by atoms with Crippen LogP contribution in [0.25, 0.3) is 0 Å². The van der Waals surface area contributed by atoms with Crippen molar-refractivity contribution in [3.8, 4) is 0 Å². The summed E-state index contributed by atoms with van der Waals surface area (Å²) in [5, 5.41) is 9.03. The zero-order valence-corrected chi connectivity index (χ0v) is 9.80. The highest BCUT2D eigenvalue weighted by atomic mass is 32.2. The molecule has 1 nitrogen and oxygen atoms in total. The molecule has 82 valence electrons. The average molecular weight is 222 g/mol. The van der Waals surface area contributed by atoms with Crippen molar-refractivity contribution in [2.75, 3.05) is 5.75 Å². The summed E-state index contributed by atoms with van der Waals surface area (Å²) in [6.45, 7) is 0.151. The van der Waals surface area contributed by atoms with Gasteiger partial charge in [-0.25, -0.2) is 0 Å². The zero-order chi connectivity index (χ0) is 10.5. The summed E-state index contributed by atoms with van der Waals surface area (Å²) in [7, 11) is 0. The third-order valence-corrected chi connectivity index (χ3v) is 4.27. The third-order valence-electron chi connectivity index (χ3n) is 3.04. The minimum Gasteiger partial charge on any atom is -0.392 e. The standard InChI is InChI=1S/C13H18OS/c14-9-12-6-3-7-13(8-12)15-10-11-4-1-2-5-11/h3,6-8,11,14H,1-2,4-5,9-10H2. The van der Waals surface area contributed by atoms with Crippen LogP contribution in [0, 0.1) is 5.92 Å². The van der Waals surface area contributed by atoms with Crippen LogP contribution >= 0.6 is 11.8 Å². The summed E-state index contributed by atoms with van der Waals surface area (Å²) in [4.78, 5) is 1.30. The van der Waals surface area contributed by atoms with Crippen molar-refractivity contribution < 1.29 is 5.11 Å². The summed E-state index contributed by atoms with van der Waals surface area (Å²) in [5.74, 6) is 2.17. The molecular formula is C13H18OS. The highest BCUT2D eigenvalue weighted by Gasteiger charge is 2.14. The van der Waals surface area contributed by atoms with Gasteiger partial charge in [-0.1, -0.05) is 25.0 Å². The van der Waals surface area contributed by atoms with E-state index in [1.165, 1.54) is 36.3 Å². The van der Waals surface area contributed by atoms with Crippen LogP contribution < -0.4 is 0 Å². The molecule has 0 atom stereocenters. The Morgan fingerprint density at radius 3 is 2.80 bits per heavy atom. The van der Waals surface area contributed by atoms with Crippen molar-refractivity contribution in [1.29, 1.82) is 0 Å². The Labute approximate surface area is 95.9 Å². The van der Waals surface area contributed by atoms with Gasteiger partial charge in [0.1, 0.15) is 0 Å². The van der Waals surface area contributed by atoms with Crippen LogP contribution in [-0.2, 0) is 6.61 Å². The summed E-state index contributed by atoms with van der Waals surface area (Å²) >= 11 is 1.94. The lowest BCUT2D eigenvalue weighted by molar-refractivity contribution is 0.281. The van der Waals surface area contributed by atoms with Crippen molar-refractivity contribution in [2.24, 2.45) is 5.92 Å². The van der Waals surface area contributed by atoms with Crippen LogP contribution in [0.2, 0.25) is 0 Å². The van der Waals surface area contributed by atoms with Gasteiger partial charge >= 0.3 is 0 Å². The molecule has 0 aliphatic heterocycles. The first kappa shape index (κ1) is 11.0. The second-order valence-electron chi connectivity index (χ2n) is 4.27. The van der Waals surface area contributed by atoms with Crippen molar-refractivity contribution >= 4 is 11.8 Å². The molecular weight excluding hydrogens is 204 g/mol. The van der Waals surface area contributed by atoms with Gasteiger partial charge in [-0.3, -0.25) is 0 Å². The van der Waals surface area contributed by atoms with Gasteiger partial charge in [0.2, 0.25) is 0 Å². The van der Waals surface area contributed by atoms with Gasteiger partial charge in [0.15, 0.2) is 0 Å². The quantitative estimate of drug-likeness (QED) is 0.787. The molecule has 2 heteroatoms. The molecule has 0 bridgehead atoms. The molecule has 1 aliphatic carbocycles. The number of thioether (sulfide) groups is 1. The Morgan fingerprint density at radius 1 is 1.27 bits per heavy atom. The average Bonchev–Trinajstić information content (AvgIpc) is 2.79. The lowest BCUT2D eigenvalue weighted by Gasteiger charge is -2.08. The van der Waals surface area contributed by atoms with Crippen LogP contribution in [0.3, 0.4) is 0 Å². The molecule has 1 fully saturated rings. The minimum atomic E-state index is 0.151. The summed E-state index contributed by atoms with van der Waals surface area (Å²) in [5.41, 5.74) is 1.02. The first-order valence-corrected chi connectivity index (χ1v) is 6.69. The number of benzene rings is 1. The molecule has 1 aromatic rings. The van der Waals surface area contributed by atoms with Crippen LogP contribution in [0.5, 0.6) is 0 Å². The Kier molecular flexibility index (Phi) is 4.09. The van der Waals surface area contributed by atoms with Gasteiger partial charge in [-0.2, -0.15) is 0 Å². The highest BCUT2D eigenvalue weighted by Crippen LogP contribution is 2.31. The smallest absolute Gasteiger partial charge is 0.0682 e. The van der Waals surface area contributed by atoms with Crippen LogP contribution in [0.15, 0.2) is 29.2 Å². The molecule has 1 aliphatic rings. The van der Waals surface area contributed by atoms with Crippen molar-refractivity contribution in [1.82, 2.24) is 0 Å². The molecule has 1 aromatic carbocycles. The Morgan fingerprint density at radius 2 is 2.07 bits per heavy atom. The molecule has 2 rings (SSSR count). The van der Waals surface area contributed by atoms with E-state index in [1.54, 1.807) is 0 Å². The predicted molar refractivity (Wildman–Crippen MR) is 65.0 cm³/mol. The van der Waals surface area contributed by atoms with Crippen molar-refractivity contribution in [3.63, 3.8) is 0 Å². The number of aliphatic hydroxyl groups excluding tert-OH is 1.